The van der Waals surface area contributed by atoms with Gasteiger partial charge in [0.15, 0.2) is 0 Å². The van der Waals surface area contributed by atoms with E-state index in [9.17, 15) is 24.6 Å². The number of hydrogen-bond acceptors (Lipinski definition) is 7. The van der Waals surface area contributed by atoms with Crippen LogP contribution in [0.1, 0.15) is 84.8 Å². The molecule has 2 heterocycles. The van der Waals surface area contributed by atoms with Crippen LogP contribution in [-0.2, 0) is 14.3 Å². The van der Waals surface area contributed by atoms with Crippen LogP contribution in [0.25, 0.3) is 6.08 Å². The van der Waals surface area contributed by atoms with E-state index in [2.05, 4.69) is 0 Å². The van der Waals surface area contributed by atoms with Crippen molar-refractivity contribution in [3.05, 3.63) is 58.7 Å². The molecule has 0 amide bonds. The first-order chi connectivity index (χ1) is 16.3. The van der Waals surface area contributed by atoms with Crippen LogP contribution in [0.4, 0.5) is 0 Å². The number of benzene rings is 2. The lowest BCUT2D eigenvalue weighted by molar-refractivity contribution is -0.135. The number of carbonyl (C=O) groups is 3. The number of carbonyl (C=O) groups excluding carboxylic acids is 3. The average Bonchev–Trinajstić information content (AvgIpc) is 2.78. The summed E-state index contributed by atoms with van der Waals surface area (Å²) in [5.74, 6) is -1.48. The van der Waals surface area contributed by atoms with Gasteiger partial charge in [-0.2, -0.15) is 0 Å². The number of allylic oxidation sites excluding steroid dienone is 1. The molecule has 0 aromatic heterocycles. The van der Waals surface area contributed by atoms with Crippen LogP contribution < -0.4 is 4.74 Å². The predicted molar refractivity (Wildman–Crippen MR) is 125 cm³/mol. The Morgan fingerprint density at radius 1 is 1.00 bits per heavy atom. The Kier molecular flexibility index (Phi) is 7.01. The highest BCUT2D eigenvalue weighted by molar-refractivity contribution is 5.98. The molecule has 2 atom stereocenters. The number of aromatic hydroxyl groups is 2. The topological polar surface area (TPSA) is 110 Å². The molecule has 0 aliphatic carbocycles. The minimum atomic E-state index is -0.669. The number of rotatable bonds is 1. The van der Waals surface area contributed by atoms with Crippen LogP contribution in [0.2, 0.25) is 0 Å². The second-order valence-corrected chi connectivity index (χ2v) is 8.86. The summed E-state index contributed by atoms with van der Waals surface area (Å²) in [7, 11) is 0. The zero-order valence-corrected chi connectivity index (χ0v) is 19.1. The lowest BCUT2D eigenvalue weighted by Crippen LogP contribution is -2.23. The fraction of sp³-hybridized carbons (Fsp3) is 0.370. The largest absolute Gasteiger partial charge is 0.508 e. The van der Waals surface area contributed by atoms with E-state index in [1.165, 1.54) is 12.1 Å². The fourth-order valence-corrected chi connectivity index (χ4v) is 4.51. The Morgan fingerprint density at radius 3 is 2.50 bits per heavy atom. The van der Waals surface area contributed by atoms with Gasteiger partial charge in [0.05, 0.1) is 12.5 Å². The first kappa shape index (κ1) is 23.5. The summed E-state index contributed by atoms with van der Waals surface area (Å²) in [5.41, 5.74) is 1.45. The van der Waals surface area contributed by atoms with Gasteiger partial charge in [-0.05, 0) is 61.9 Å². The standard InChI is InChI=1S/C27H28O7/c1-16-6-5-9-19(28)8-4-2-3-7-18-14-22-25(26(31)24(18)27(32)33-16)21(15-23(30)34-22)17-10-12-20(29)13-11-17/h3,7,10-14,16,21,29,31H,2,4-6,8-9,15H2,1H3/t16-,21+/m0/s1. The molecule has 0 unspecified atom stereocenters. The molecule has 2 aliphatic heterocycles. The smallest absolute Gasteiger partial charge is 0.342 e. The minimum Gasteiger partial charge on any atom is -0.508 e. The van der Waals surface area contributed by atoms with Crippen LogP contribution >= 0.6 is 0 Å². The Balaban J connectivity index is 1.81. The number of cyclic esters (lactones) is 1. The summed E-state index contributed by atoms with van der Waals surface area (Å²) in [6.07, 6.45) is 6.53. The molecule has 0 radical (unpaired) electrons. The summed E-state index contributed by atoms with van der Waals surface area (Å²) < 4.78 is 11.1. The quantitative estimate of drug-likeness (QED) is 0.450. The molecule has 7 heteroatoms. The van der Waals surface area contributed by atoms with Gasteiger partial charge in [0.25, 0.3) is 0 Å². The normalized spacial score (nSPS) is 21.6. The highest BCUT2D eigenvalue weighted by Gasteiger charge is 2.35. The predicted octanol–water partition coefficient (Wildman–Crippen LogP) is 5.02. The van der Waals surface area contributed by atoms with Crippen LogP contribution in [-0.4, -0.2) is 34.0 Å². The van der Waals surface area contributed by atoms with E-state index in [1.54, 1.807) is 31.2 Å². The molecular weight excluding hydrogens is 436 g/mol. The van der Waals surface area contributed by atoms with Crippen molar-refractivity contribution < 1.29 is 34.1 Å². The van der Waals surface area contributed by atoms with Crippen molar-refractivity contribution in [2.24, 2.45) is 0 Å². The Hall–Kier alpha value is -3.61. The number of phenolic OH excluding ortho intramolecular Hbond substituents is 2. The molecule has 4 rings (SSSR count). The lowest BCUT2D eigenvalue weighted by Gasteiger charge is -2.27. The van der Waals surface area contributed by atoms with Crippen molar-refractivity contribution in [1.82, 2.24) is 0 Å². The van der Waals surface area contributed by atoms with Gasteiger partial charge in [-0.3, -0.25) is 9.59 Å². The maximum Gasteiger partial charge on any atom is 0.342 e. The summed E-state index contributed by atoms with van der Waals surface area (Å²) >= 11 is 0. The zero-order valence-electron chi connectivity index (χ0n) is 19.1. The van der Waals surface area contributed by atoms with Gasteiger partial charge < -0.3 is 19.7 Å². The van der Waals surface area contributed by atoms with Crippen molar-refractivity contribution >= 4 is 23.8 Å². The van der Waals surface area contributed by atoms with Crippen molar-refractivity contribution in [2.75, 3.05) is 0 Å². The van der Waals surface area contributed by atoms with Crippen molar-refractivity contribution in [1.29, 1.82) is 0 Å². The first-order valence-corrected chi connectivity index (χ1v) is 11.6. The van der Waals surface area contributed by atoms with E-state index < -0.39 is 24.0 Å². The number of fused-ring (bicyclic) bond motifs is 2. The number of phenols is 2. The molecule has 0 saturated heterocycles. The molecule has 2 N–H and O–H groups in total. The minimum absolute atomic E-state index is 0.0144. The van der Waals surface area contributed by atoms with Gasteiger partial charge in [-0.1, -0.05) is 24.3 Å². The van der Waals surface area contributed by atoms with Crippen LogP contribution in [0.15, 0.2) is 36.4 Å². The molecule has 34 heavy (non-hydrogen) atoms. The highest BCUT2D eigenvalue weighted by Crippen LogP contribution is 2.47. The first-order valence-electron chi connectivity index (χ1n) is 11.6. The van der Waals surface area contributed by atoms with Crippen LogP contribution in [0, 0.1) is 0 Å². The molecule has 0 spiro atoms. The zero-order chi connectivity index (χ0) is 24.2. The second kappa shape index (κ2) is 10.1. The highest BCUT2D eigenvalue weighted by atomic mass is 16.5. The summed E-state index contributed by atoms with van der Waals surface area (Å²) in [6, 6.07) is 7.95. The van der Waals surface area contributed by atoms with Gasteiger partial charge in [0, 0.05) is 24.3 Å². The average molecular weight is 465 g/mol. The van der Waals surface area contributed by atoms with E-state index in [4.69, 9.17) is 9.47 Å². The molecular formula is C27H28O7. The number of ether oxygens (including phenoxy) is 2. The summed E-state index contributed by atoms with van der Waals surface area (Å²) in [5, 5.41) is 21.0. The number of esters is 2. The van der Waals surface area contributed by atoms with Crippen LogP contribution in [0.3, 0.4) is 0 Å². The Labute approximate surface area is 198 Å². The van der Waals surface area contributed by atoms with E-state index in [-0.39, 0.29) is 35.0 Å². The van der Waals surface area contributed by atoms with Crippen molar-refractivity contribution in [3.63, 3.8) is 0 Å². The maximum atomic E-state index is 13.2. The molecule has 178 valence electrons. The van der Waals surface area contributed by atoms with Crippen molar-refractivity contribution in [3.8, 4) is 17.2 Å². The van der Waals surface area contributed by atoms with Gasteiger partial charge >= 0.3 is 11.9 Å². The van der Waals surface area contributed by atoms with E-state index >= 15 is 0 Å². The number of hydrogen-bond donors (Lipinski definition) is 2. The fourth-order valence-electron chi connectivity index (χ4n) is 4.51. The third-order valence-corrected chi connectivity index (χ3v) is 6.27. The Morgan fingerprint density at radius 2 is 1.74 bits per heavy atom. The Bertz CT molecular complexity index is 1130. The van der Waals surface area contributed by atoms with E-state index in [0.717, 1.165) is 0 Å². The van der Waals surface area contributed by atoms with Gasteiger partial charge in [-0.25, -0.2) is 4.79 Å². The summed E-state index contributed by atoms with van der Waals surface area (Å²) in [6.45, 7) is 1.76. The third-order valence-electron chi connectivity index (χ3n) is 6.27. The molecule has 2 aromatic rings. The lowest BCUT2D eigenvalue weighted by atomic mass is 9.83. The van der Waals surface area contributed by atoms with E-state index in [1.807, 2.05) is 6.08 Å². The molecule has 0 saturated carbocycles. The molecule has 0 fully saturated rings. The van der Waals surface area contributed by atoms with Gasteiger partial charge in [-0.15, -0.1) is 0 Å². The molecule has 0 bridgehead atoms. The summed E-state index contributed by atoms with van der Waals surface area (Å²) in [4.78, 5) is 37.6. The molecule has 2 aliphatic rings. The second-order valence-electron chi connectivity index (χ2n) is 8.86. The maximum absolute atomic E-state index is 13.2. The third kappa shape index (κ3) is 5.14. The monoisotopic (exact) mass is 464 g/mol. The molecule has 2 aromatic carbocycles. The van der Waals surface area contributed by atoms with Crippen LogP contribution in [0.5, 0.6) is 17.2 Å². The van der Waals surface area contributed by atoms with E-state index in [0.29, 0.717) is 55.2 Å². The number of ketones is 1. The SMILES string of the molecule is C[C@H]1CCCC(=O)CCCC=Cc2cc3c(c(O)c2C(=O)O1)[C@@H](c1ccc(O)cc1)CC(=O)O3. The molecule has 7 nitrogen and oxygen atoms in total. The van der Waals surface area contributed by atoms with Gasteiger partial charge in [0.2, 0.25) is 0 Å². The van der Waals surface area contributed by atoms with Gasteiger partial charge in [0.1, 0.15) is 28.6 Å². The van der Waals surface area contributed by atoms with Crippen molar-refractivity contribution in [2.45, 2.75) is 63.9 Å². The number of Topliss-reactive ketones (excluding diaryl/α,β-unsaturated/α-hetero) is 1.